The van der Waals surface area contributed by atoms with Crippen molar-refractivity contribution in [1.29, 1.82) is 0 Å². The Hall–Kier alpha value is -2.29. The van der Waals surface area contributed by atoms with E-state index in [4.69, 9.17) is 18.5 Å². The predicted octanol–water partition coefficient (Wildman–Crippen LogP) is 11.8. The number of hydrogen-bond acceptors (Lipinski definition) is 8. The van der Waals surface area contributed by atoms with Gasteiger partial charge in [0, 0.05) is 12.8 Å². The summed E-state index contributed by atoms with van der Waals surface area (Å²) >= 11 is 0. The van der Waals surface area contributed by atoms with Crippen LogP contribution in [-0.2, 0) is 32.7 Å². The predicted molar refractivity (Wildman–Crippen MR) is 231 cm³/mol. The Morgan fingerprint density at radius 2 is 1.00 bits per heavy atom. The molecule has 0 spiro atoms. The third-order valence-electron chi connectivity index (χ3n) is 8.99. The van der Waals surface area contributed by atoms with Crippen molar-refractivity contribution in [3.8, 4) is 0 Å². The van der Waals surface area contributed by atoms with Crippen LogP contribution in [-0.4, -0.2) is 70.0 Å². The first kappa shape index (κ1) is 53.7. The second kappa shape index (κ2) is 38.2. The summed E-state index contributed by atoms with van der Waals surface area (Å²) in [5, 5.41) is 0. The number of allylic oxidation sites excluding steroid dienone is 10. The van der Waals surface area contributed by atoms with Gasteiger partial charge in [0.05, 0.1) is 27.7 Å². The van der Waals surface area contributed by atoms with E-state index in [2.05, 4.69) is 74.6 Å². The molecule has 0 rings (SSSR count). The fourth-order valence-corrected chi connectivity index (χ4v) is 6.25. The summed E-state index contributed by atoms with van der Waals surface area (Å²) in [5.41, 5.74) is 0. The van der Waals surface area contributed by atoms with E-state index in [0.29, 0.717) is 23.9 Å². The molecule has 0 aromatic carbocycles. The van der Waals surface area contributed by atoms with Crippen LogP contribution in [0.1, 0.15) is 168 Å². The molecule has 324 valence electrons. The van der Waals surface area contributed by atoms with Gasteiger partial charge < -0.3 is 27.9 Å². The van der Waals surface area contributed by atoms with Crippen LogP contribution in [0.5, 0.6) is 0 Å². The first-order valence-electron chi connectivity index (χ1n) is 22.0. The summed E-state index contributed by atoms with van der Waals surface area (Å²) in [6.45, 7) is 4.09. The van der Waals surface area contributed by atoms with Gasteiger partial charge in [0.15, 0.2) is 6.10 Å². The molecule has 0 aliphatic rings. The molecule has 0 aromatic heterocycles. The molecule has 0 radical (unpaired) electrons. The summed E-state index contributed by atoms with van der Waals surface area (Å²) in [4.78, 5) is 37.5. The Labute approximate surface area is 343 Å². The van der Waals surface area contributed by atoms with Crippen molar-refractivity contribution in [3.63, 3.8) is 0 Å². The normalized spacial score (nSPS) is 14.2. The number of ether oxygens (including phenoxy) is 2. The summed E-state index contributed by atoms with van der Waals surface area (Å²) < 4.78 is 33.8. The van der Waals surface area contributed by atoms with E-state index in [1.54, 1.807) is 0 Å². The van der Waals surface area contributed by atoms with E-state index in [9.17, 15) is 19.0 Å². The summed E-state index contributed by atoms with van der Waals surface area (Å²) in [7, 11) is 1.13. The molecule has 56 heavy (non-hydrogen) atoms. The number of esters is 2. The van der Waals surface area contributed by atoms with Crippen molar-refractivity contribution in [3.05, 3.63) is 60.8 Å². The van der Waals surface area contributed by atoms with Gasteiger partial charge in [-0.15, -0.1) is 0 Å². The van der Waals surface area contributed by atoms with E-state index in [1.165, 1.54) is 57.8 Å². The second-order valence-electron chi connectivity index (χ2n) is 15.7. The van der Waals surface area contributed by atoms with E-state index < -0.39 is 32.5 Å². The van der Waals surface area contributed by atoms with E-state index in [1.807, 2.05) is 21.1 Å². The third kappa shape index (κ3) is 41.3. The molecular weight excluding hydrogens is 725 g/mol. The number of phosphoric ester groups is 1. The number of nitrogens with zero attached hydrogens (tertiary/aromatic N) is 1. The Balaban J connectivity index is 4.46. The summed E-state index contributed by atoms with van der Waals surface area (Å²) in [5.74, 6) is -0.893. The van der Waals surface area contributed by atoms with Gasteiger partial charge in [0.2, 0.25) is 0 Å². The van der Waals surface area contributed by atoms with Gasteiger partial charge in [-0.05, 0) is 77.0 Å². The Kier molecular flexibility index (Phi) is 36.7. The van der Waals surface area contributed by atoms with Gasteiger partial charge in [-0.25, -0.2) is 0 Å². The fourth-order valence-electron chi connectivity index (χ4n) is 5.52. The SMILES string of the molecule is CCC/C=C/C/C=C/C/C=C/C/C=C/CCCCCC(=O)O[C@H](COC(=O)CCCCC/C=C/CCCCCCCCCC)COP(=O)([O-])OCC[N+](C)(C)C. The first-order chi connectivity index (χ1) is 27.0. The lowest BCUT2D eigenvalue weighted by molar-refractivity contribution is -0.870. The van der Waals surface area contributed by atoms with Crippen molar-refractivity contribution in [2.24, 2.45) is 0 Å². The molecule has 0 aromatic rings. The molecule has 0 aliphatic carbocycles. The van der Waals surface area contributed by atoms with Crippen molar-refractivity contribution >= 4 is 19.8 Å². The minimum atomic E-state index is -4.64. The minimum Gasteiger partial charge on any atom is -0.756 e. The van der Waals surface area contributed by atoms with Gasteiger partial charge in [0.25, 0.3) is 7.82 Å². The van der Waals surface area contributed by atoms with Crippen LogP contribution in [0.3, 0.4) is 0 Å². The lowest BCUT2D eigenvalue weighted by atomic mass is 10.1. The molecule has 0 saturated carbocycles. The highest BCUT2D eigenvalue weighted by Crippen LogP contribution is 2.38. The Morgan fingerprint density at radius 3 is 1.52 bits per heavy atom. The number of unbranched alkanes of at least 4 members (excludes halogenated alkanes) is 15. The van der Waals surface area contributed by atoms with Gasteiger partial charge in [-0.3, -0.25) is 14.2 Å². The van der Waals surface area contributed by atoms with Crippen molar-refractivity contribution in [2.75, 3.05) is 47.5 Å². The molecule has 0 fully saturated rings. The van der Waals surface area contributed by atoms with E-state index in [0.717, 1.165) is 70.6 Å². The highest BCUT2D eigenvalue weighted by atomic mass is 31.2. The molecule has 0 bridgehead atoms. The Bertz CT molecular complexity index is 1140. The lowest BCUT2D eigenvalue weighted by Crippen LogP contribution is -2.37. The average Bonchev–Trinajstić information content (AvgIpc) is 3.15. The van der Waals surface area contributed by atoms with Crippen LogP contribution in [0.4, 0.5) is 0 Å². The maximum atomic E-state index is 12.7. The second-order valence-corrected chi connectivity index (χ2v) is 17.1. The molecule has 2 atom stereocenters. The number of carbonyl (C=O) groups excluding carboxylic acids is 2. The number of hydrogen-bond donors (Lipinski definition) is 0. The standard InChI is InChI=1S/C46H82NO8P/c1-6-8-10-12-14-16-18-20-22-23-25-27-29-31-33-35-37-39-46(49)55-44(43-54-56(50,51)53-41-40-47(3,4)5)42-52-45(48)38-36-34-32-30-28-26-24-21-19-17-15-13-11-9-7-2/h10,12,16,18,22-23,26-29,44H,6-9,11,13-15,17,19-21,24-25,30-43H2,1-5H3/b12-10+,18-16+,23-22+,28-26+,29-27+/t44-/m1/s1. The minimum absolute atomic E-state index is 0.0419. The molecule has 0 N–H and O–H groups in total. The highest BCUT2D eigenvalue weighted by molar-refractivity contribution is 7.45. The molecule has 10 heteroatoms. The Morgan fingerprint density at radius 1 is 0.554 bits per heavy atom. The van der Waals surface area contributed by atoms with Crippen molar-refractivity contribution in [2.45, 2.75) is 174 Å². The fraction of sp³-hybridized carbons (Fsp3) is 0.739. The number of phosphoric acid groups is 1. The van der Waals surface area contributed by atoms with E-state index >= 15 is 0 Å². The maximum Gasteiger partial charge on any atom is 0.306 e. The molecule has 1 unspecified atom stereocenters. The van der Waals surface area contributed by atoms with Crippen LogP contribution in [0, 0.1) is 0 Å². The molecular formula is C46H82NO8P. The van der Waals surface area contributed by atoms with Crippen LogP contribution >= 0.6 is 7.82 Å². The third-order valence-corrected chi connectivity index (χ3v) is 9.96. The van der Waals surface area contributed by atoms with Gasteiger partial charge in [0.1, 0.15) is 19.8 Å². The molecule has 0 aliphatic heterocycles. The summed E-state index contributed by atoms with van der Waals surface area (Å²) in [6, 6.07) is 0. The zero-order valence-corrected chi connectivity index (χ0v) is 37.2. The number of quaternary nitrogens is 1. The maximum absolute atomic E-state index is 12.7. The highest BCUT2D eigenvalue weighted by Gasteiger charge is 2.21. The number of likely N-dealkylation sites (N-methyl/N-ethyl adjacent to an activating group) is 1. The molecule has 9 nitrogen and oxygen atoms in total. The van der Waals surface area contributed by atoms with Gasteiger partial charge >= 0.3 is 11.9 Å². The number of rotatable bonds is 39. The smallest absolute Gasteiger partial charge is 0.306 e. The first-order valence-corrected chi connectivity index (χ1v) is 23.5. The molecule has 0 heterocycles. The zero-order chi connectivity index (χ0) is 41.4. The van der Waals surface area contributed by atoms with Crippen LogP contribution in [0.25, 0.3) is 0 Å². The van der Waals surface area contributed by atoms with Crippen LogP contribution in [0.2, 0.25) is 0 Å². The zero-order valence-electron chi connectivity index (χ0n) is 36.3. The van der Waals surface area contributed by atoms with Crippen molar-refractivity contribution in [1.82, 2.24) is 0 Å². The van der Waals surface area contributed by atoms with Crippen LogP contribution in [0.15, 0.2) is 60.8 Å². The molecule has 0 saturated heterocycles. The monoisotopic (exact) mass is 808 g/mol. The average molecular weight is 808 g/mol. The van der Waals surface area contributed by atoms with Gasteiger partial charge in [-0.1, -0.05) is 139 Å². The number of carbonyl (C=O) groups is 2. The molecule has 0 amide bonds. The van der Waals surface area contributed by atoms with Crippen LogP contribution < -0.4 is 4.89 Å². The lowest BCUT2D eigenvalue weighted by Gasteiger charge is -2.28. The topological polar surface area (TPSA) is 111 Å². The summed E-state index contributed by atoms with van der Waals surface area (Å²) in [6.07, 6.45) is 45.3. The largest absolute Gasteiger partial charge is 0.756 e. The van der Waals surface area contributed by atoms with Gasteiger partial charge in [-0.2, -0.15) is 0 Å². The quantitative estimate of drug-likeness (QED) is 0.0198. The van der Waals surface area contributed by atoms with Crippen molar-refractivity contribution < 1.29 is 42.1 Å². The van der Waals surface area contributed by atoms with E-state index in [-0.39, 0.29) is 26.1 Å².